The average Bonchev–Trinajstić information content (AvgIpc) is 3.21. The molecule has 1 heterocycles. The molecule has 0 bridgehead atoms. The minimum Gasteiger partial charge on any atom is -0.490 e. The van der Waals surface area contributed by atoms with Gasteiger partial charge in [0.1, 0.15) is 19.0 Å². The summed E-state index contributed by atoms with van der Waals surface area (Å²) in [6, 6.07) is 13.5. The molecule has 1 saturated carbocycles. The van der Waals surface area contributed by atoms with Crippen molar-refractivity contribution in [3.05, 3.63) is 48.0 Å². The van der Waals surface area contributed by atoms with Gasteiger partial charge in [-0.2, -0.15) is 0 Å². The van der Waals surface area contributed by atoms with Crippen molar-refractivity contribution in [3.8, 4) is 17.2 Å². The fourth-order valence-electron chi connectivity index (χ4n) is 3.54. The van der Waals surface area contributed by atoms with Crippen molar-refractivity contribution in [1.82, 2.24) is 0 Å². The van der Waals surface area contributed by atoms with Crippen LogP contribution in [0.3, 0.4) is 0 Å². The molecule has 4 rings (SSSR count). The summed E-state index contributed by atoms with van der Waals surface area (Å²) >= 11 is 0. The predicted molar refractivity (Wildman–Crippen MR) is 104 cm³/mol. The summed E-state index contributed by atoms with van der Waals surface area (Å²) in [5.41, 5.74) is 1.86. The van der Waals surface area contributed by atoms with E-state index in [-0.39, 0.29) is 5.91 Å². The molecule has 1 fully saturated rings. The molecule has 27 heavy (non-hydrogen) atoms. The van der Waals surface area contributed by atoms with Crippen molar-refractivity contribution in [2.75, 3.05) is 18.5 Å². The van der Waals surface area contributed by atoms with E-state index in [0.29, 0.717) is 32.2 Å². The third kappa shape index (κ3) is 4.73. The zero-order valence-electron chi connectivity index (χ0n) is 15.4. The zero-order chi connectivity index (χ0) is 18.5. The maximum absolute atomic E-state index is 12.2. The fraction of sp³-hybridized carbons (Fsp3) is 0.409. The molecule has 2 aliphatic rings. The van der Waals surface area contributed by atoms with E-state index < -0.39 is 0 Å². The van der Waals surface area contributed by atoms with Crippen LogP contribution in [0.5, 0.6) is 17.2 Å². The van der Waals surface area contributed by atoms with Gasteiger partial charge >= 0.3 is 0 Å². The first-order chi connectivity index (χ1) is 13.3. The molecule has 0 radical (unpaired) electrons. The summed E-state index contributed by atoms with van der Waals surface area (Å²) in [6.07, 6.45) is 6.20. The molecular formula is C22H25NO4. The fourth-order valence-corrected chi connectivity index (χ4v) is 3.54. The van der Waals surface area contributed by atoms with E-state index in [1.54, 1.807) is 0 Å². The van der Waals surface area contributed by atoms with E-state index in [1.165, 1.54) is 12.8 Å². The number of carbonyl (C=O) groups excluding carboxylic acids is 1. The molecule has 0 atom stereocenters. The number of fused-ring (bicyclic) bond motifs is 1. The van der Waals surface area contributed by atoms with Gasteiger partial charge in [0.2, 0.25) is 5.91 Å². The quantitative estimate of drug-likeness (QED) is 0.825. The lowest BCUT2D eigenvalue weighted by Gasteiger charge is -2.18. The van der Waals surface area contributed by atoms with Crippen molar-refractivity contribution >= 4 is 11.6 Å². The molecule has 2 aromatic rings. The van der Waals surface area contributed by atoms with Crippen LogP contribution in [-0.2, 0) is 11.2 Å². The van der Waals surface area contributed by atoms with Crippen LogP contribution in [0, 0.1) is 0 Å². The van der Waals surface area contributed by atoms with Crippen molar-refractivity contribution in [3.63, 3.8) is 0 Å². The van der Waals surface area contributed by atoms with Crippen LogP contribution in [0.4, 0.5) is 5.69 Å². The summed E-state index contributed by atoms with van der Waals surface area (Å²) < 4.78 is 17.1. The normalized spacial score (nSPS) is 16.1. The third-order valence-corrected chi connectivity index (χ3v) is 4.99. The molecule has 1 aliphatic carbocycles. The summed E-state index contributed by atoms with van der Waals surface area (Å²) in [4.78, 5) is 12.2. The van der Waals surface area contributed by atoms with Crippen molar-refractivity contribution in [1.29, 1.82) is 0 Å². The molecule has 0 aromatic heterocycles. The Bertz CT molecular complexity index is 781. The van der Waals surface area contributed by atoms with Crippen LogP contribution in [0.25, 0.3) is 0 Å². The lowest BCUT2D eigenvalue weighted by molar-refractivity contribution is -0.116. The van der Waals surface area contributed by atoms with Gasteiger partial charge in [-0.05, 0) is 74.1 Å². The second kappa shape index (κ2) is 8.33. The molecule has 0 spiro atoms. The van der Waals surface area contributed by atoms with Gasteiger partial charge in [-0.1, -0.05) is 6.07 Å². The number of benzene rings is 2. The van der Waals surface area contributed by atoms with E-state index in [1.807, 2.05) is 42.5 Å². The predicted octanol–water partition coefficient (Wildman–Crippen LogP) is 4.35. The van der Waals surface area contributed by atoms with Gasteiger partial charge < -0.3 is 19.5 Å². The van der Waals surface area contributed by atoms with Gasteiger partial charge in [0, 0.05) is 12.1 Å². The van der Waals surface area contributed by atoms with Gasteiger partial charge in [-0.3, -0.25) is 4.79 Å². The molecule has 1 amide bonds. The first kappa shape index (κ1) is 17.7. The Balaban J connectivity index is 1.26. The van der Waals surface area contributed by atoms with Crippen LogP contribution >= 0.6 is 0 Å². The number of anilines is 1. The largest absolute Gasteiger partial charge is 0.490 e. The highest BCUT2D eigenvalue weighted by Crippen LogP contribution is 2.31. The van der Waals surface area contributed by atoms with Crippen molar-refractivity contribution in [2.24, 2.45) is 0 Å². The highest BCUT2D eigenvalue weighted by atomic mass is 16.6. The Hall–Kier alpha value is -2.69. The summed E-state index contributed by atoms with van der Waals surface area (Å²) in [5, 5.41) is 2.94. The van der Waals surface area contributed by atoms with Crippen molar-refractivity contribution in [2.45, 2.75) is 44.6 Å². The molecule has 0 saturated heterocycles. The number of amides is 1. The lowest BCUT2D eigenvalue weighted by Crippen LogP contribution is -2.16. The first-order valence-corrected chi connectivity index (χ1v) is 9.71. The molecule has 1 N–H and O–H groups in total. The Labute approximate surface area is 159 Å². The highest BCUT2D eigenvalue weighted by molar-refractivity contribution is 5.90. The number of rotatable bonds is 6. The smallest absolute Gasteiger partial charge is 0.224 e. The second-order valence-corrected chi connectivity index (χ2v) is 7.07. The topological polar surface area (TPSA) is 56.8 Å². The summed E-state index contributed by atoms with van der Waals surface area (Å²) in [5.74, 6) is 2.40. The standard InChI is InChI=1S/C22H25NO4/c24-22(12-6-16-5-11-20-21(15-16)26-14-13-25-20)23-17-7-9-19(10-8-17)27-18-3-1-2-4-18/h5,7-11,15,18H,1-4,6,12-14H2,(H,23,24). The Morgan fingerprint density at radius 1 is 1.00 bits per heavy atom. The second-order valence-electron chi connectivity index (χ2n) is 7.07. The Morgan fingerprint density at radius 2 is 1.74 bits per heavy atom. The number of aryl methyl sites for hydroxylation is 1. The van der Waals surface area contributed by atoms with E-state index in [0.717, 1.165) is 41.3 Å². The SMILES string of the molecule is O=C(CCc1ccc2c(c1)OCCO2)Nc1ccc(OC2CCCC2)cc1. The van der Waals surface area contributed by atoms with Crippen LogP contribution < -0.4 is 19.5 Å². The third-order valence-electron chi connectivity index (χ3n) is 4.99. The zero-order valence-corrected chi connectivity index (χ0v) is 15.4. The monoisotopic (exact) mass is 367 g/mol. The molecular weight excluding hydrogens is 342 g/mol. The number of ether oxygens (including phenoxy) is 3. The molecule has 5 nitrogen and oxygen atoms in total. The van der Waals surface area contributed by atoms with Crippen LogP contribution in [-0.4, -0.2) is 25.2 Å². The molecule has 5 heteroatoms. The molecule has 142 valence electrons. The van der Waals surface area contributed by atoms with E-state index in [4.69, 9.17) is 14.2 Å². The van der Waals surface area contributed by atoms with Crippen LogP contribution in [0.2, 0.25) is 0 Å². The molecule has 0 unspecified atom stereocenters. The van der Waals surface area contributed by atoms with E-state index in [9.17, 15) is 4.79 Å². The first-order valence-electron chi connectivity index (χ1n) is 9.71. The van der Waals surface area contributed by atoms with Gasteiger partial charge in [0.15, 0.2) is 11.5 Å². The minimum absolute atomic E-state index is 0.00523. The van der Waals surface area contributed by atoms with Gasteiger partial charge in [-0.15, -0.1) is 0 Å². The molecule has 1 aliphatic heterocycles. The number of hydrogen-bond donors (Lipinski definition) is 1. The van der Waals surface area contributed by atoms with Gasteiger partial charge in [0.05, 0.1) is 6.10 Å². The van der Waals surface area contributed by atoms with E-state index >= 15 is 0 Å². The maximum atomic E-state index is 12.2. The van der Waals surface area contributed by atoms with Crippen LogP contribution in [0.1, 0.15) is 37.7 Å². The average molecular weight is 367 g/mol. The van der Waals surface area contributed by atoms with Gasteiger partial charge in [-0.25, -0.2) is 0 Å². The number of carbonyl (C=O) groups is 1. The minimum atomic E-state index is -0.00523. The lowest BCUT2D eigenvalue weighted by atomic mass is 10.1. The van der Waals surface area contributed by atoms with Gasteiger partial charge in [0.25, 0.3) is 0 Å². The number of hydrogen-bond acceptors (Lipinski definition) is 4. The maximum Gasteiger partial charge on any atom is 0.224 e. The van der Waals surface area contributed by atoms with Crippen LogP contribution in [0.15, 0.2) is 42.5 Å². The van der Waals surface area contributed by atoms with Crippen molar-refractivity contribution < 1.29 is 19.0 Å². The molecule has 2 aromatic carbocycles. The Morgan fingerprint density at radius 3 is 2.52 bits per heavy atom. The summed E-state index contributed by atoms with van der Waals surface area (Å²) in [6.45, 7) is 1.15. The Kier molecular flexibility index (Phi) is 5.47. The highest BCUT2D eigenvalue weighted by Gasteiger charge is 2.16. The summed E-state index contributed by atoms with van der Waals surface area (Å²) in [7, 11) is 0. The van der Waals surface area contributed by atoms with E-state index in [2.05, 4.69) is 5.32 Å². The number of nitrogens with one attached hydrogen (secondary N) is 1.